The maximum absolute atomic E-state index is 12.1. The number of carbonyl (C=O) groups is 1. The van der Waals surface area contributed by atoms with E-state index in [0.29, 0.717) is 6.42 Å². The lowest BCUT2D eigenvalue weighted by atomic mass is 9.95. The summed E-state index contributed by atoms with van der Waals surface area (Å²) in [5.41, 5.74) is -1.18. The topological polar surface area (TPSA) is 104 Å². The summed E-state index contributed by atoms with van der Waals surface area (Å²) >= 11 is 0.847. The monoisotopic (exact) mass is 321 g/mol. The first kappa shape index (κ1) is 17.1. The molecule has 0 radical (unpaired) electrons. The lowest BCUT2D eigenvalue weighted by Crippen LogP contribution is -2.41. The Morgan fingerprint density at radius 3 is 2.60 bits per heavy atom. The maximum Gasteiger partial charge on any atom is 0.347 e. The van der Waals surface area contributed by atoms with Crippen molar-refractivity contribution in [2.45, 2.75) is 37.7 Å². The van der Waals surface area contributed by atoms with Gasteiger partial charge in [0.15, 0.2) is 0 Å². The number of carboxylic acid groups (broad SMARTS) is 1. The van der Waals surface area contributed by atoms with Crippen molar-refractivity contribution in [2.75, 3.05) is 6.54 Å². The van der Waals surface area contributed by atoms with E-state index in [9.17, 15) is 18.3 Å². The van der Waals surface area contributed by atoms with E-state index in [4.69, 9.17) is 5.11 Å². The molecule has 1 rings (SSSR count). The van der Waals surface area contributed by atoms with Gasteiger partial charge in [0.05, 0.1) is 5.60 Å². The number of hydrogen-bond donors (Lipinski definition) is 3. The zero-order valence-electron chi connectivity index (χ0n) is 11.6. The minimum Gasteiger partial charge on any atom is -0.477 e. The molecule has 1 unspecified atom stereocenters. The Morgan fingerprint density at radius 1 is 1.50 bits per heavy atom. The van der Waals surface area contributed by atoms with E-state index in [1.54, 1.807) is 6.92 Å². The van der Waals surface area contributed by atoms with Gasteiger partial charge in [0.25, 0.3) is 0 Å². The minimum atomic E-state index is -3.94. The highest BCUT2D eigenvalue weighted by Gasteiger charge is 2.28. The molecule has 20 heavy (non-hydrogen) atoms. The van der Waals surface area contributed by atoms with Gasteiger partial charge in [0, 0.05) is 6.54 Å². The van der Waals surface area contributed by atoms with Crippen LogP contribution in [-0.2, 0) is 10.0 Å². The molecule has 0 bridgehead atoms. The first-order valence-electron chi connectivity index (χ1n) is 6.08. The van der Waals surface area contributed by atoms with Crippen molar-refractivity contribution in [3.8, 4) is 0 Å². The second kappa shape index (κ2) is 6.21. The number of nitrogens with one attached hydrogen (secondary N) is 1. The van der Waals surface area contributed by atoms with Crippen molar-refractivity contribution in [1.29, 1.82) is 0 Å². The fourth-order valence-corrected chi connectivity index (χ4v) is 4.36. The highest BCUT2D eigenvalue weighted by molar-refractivity contribution is 7.89. The molecule has 0 fully saturated rings. The number of aliphatic hydroxyl groups is 1. The Bertz CT molecular complexity index is 574. The van der Waals surface area contributed by atoms with Gasteiger partial charge < -0.3 is 10.2 Å². The first-order chi connectivity index (χ1) is 9.05. The zero-order chi connectivity index (χ0) is 15.6. The van der Waals surface area contributed by atoms with E-state index in [-0.39, 0.29) is 22.2 Å². The summed E-state index contributed by atoms with van der Waals surface area (Å²) in [6, 6.07) is 1.24. The van der Waals surface area contributed by atoms with Crippen LogP contribution in [0.1, 0.15) is 36.9 Å². The number of hydrogen-bond acceptors (Lipinski definition) is 5. The van der Waals surface area contributed by atoms with Crippen LogP contribution in [-0.4, -0.2) is 36.7 Å². The highest BCUT2D eigenvalue weighted by atomic mass is 32.2. The third-order valence-electron chi connectivity index (χ3n) is 2.60. The molecule has 0 saturated carbocycles. The number of rotatable bonds is 7. The van der Waals surface area contributed by atoms with Gasteiger partial charge in [-0.2, -0.15) is 0 Å². The van der Waals surface area contributed by atoms with Crippen molar-refractivity contribution >= 4 is 27.3 Å². The molecular formula is C12H19NO5S2. The average molecular weight is 321 g/mol. The van der Waals surface area contributed by atoms with Crippen molar-refractivity contribution in [3.63, 3.8) is 0 Å². The number of thiophene rings is 1. The molecule has 0 aliphatic carbocycles. The molecule has 0 aliphatic heterocycles. The predicted octanol–water partition coefficient (Wildman–Crippen LogP) is 1.52. The summed E-state index contributed by atoms with van der Waals surface area (Å²) in [6.45, 7) is 5.22. The van der Waals surface area contributed by atoms with Crippen LogP contribution < -0.4 is 4.72 Å². The summed E-state index contributed by atoms with van der Waals surface area (Å²) in [7, 11) is -3.94. The quantitative estimate of drug-likeness (QED) is 0.706. The van der Waals surface area contributed by atoms with Crippen LogP contribution >= 0.6 is 11.3 Å². The molecule has 8 heteroatoms. The molecule has 1 heterocycles. The fraction of sp³-hybridized carbons (Fsp3) is 0.583. The van der Waals surface area contributed by atoms with E-state index in [1.165, 1.54) is 11.4 Å². The normalized spacial score (nSPS) is 15.2. The molecule has 0 aromatic carbocycles. The Balaban J connectivity index is 2.86. The van der Waals surface area contributed by atoms with Crippen molar-refractivity contribution < 1.29 is 23.4 Å². The molecule has 1 aromatic rings. The van der Waals surface area contributed by atoms with Gasteiger partial charge in [-0.3, -0.25) is 0 Å². The van der Waals surface area contributed by atoms with Gasteiger partial charge in [0.1, 0.15) is 9.77 Å². The first-order valence-corrected chi connectivity index (χ1v) is 8.44. The van der Waals surface area contributed by atoms with Gasteiger partial charge in [0.2, 0.25) is 10.0 Å². The summed E-state index contributed by atoms with van der Waals surface area (Å²) in [5, 5.41) is 20.4. The van der Waals surface area contributed by atoms with Gasteiger partial charge >= 0.3 is 5.97 Å². The van der Waals surface area contributed by atoms with E-state index in [0.717, 1.165) is 11.3 Å². The number of carboxylic acids is 1. The van der Waals surface area contributed by atoms with Crippen molar-refractivity contribution in [3.05, 3.63) is 16.3 Å². The minimum absolute atomic E-state index is 0.164. The lowest BCUT2D eigenvalue weighted by molar-refractivity contribution is 0.0437. The van der Waals surface area contributed by atoms with Crippen LogP contribution in [0.25, 0.3) is 0 Å². The Morgan fingerprint density at radius 2 is 2.10 bits per heavy atom. The van der Waals surface area contributed by atoms with Crippen LogP contribution in [0, 0.1) is 5.92 Å². The van der Waals surface area contributed by atoms with E-state index in [2.05, 4.69) is 4.72 Å². The van der Waals surface area contributed by atoms with Gasteiger partial charge in [-0.15, -0.1) is 11.3 Å². The van der Waals surface area contributed by atoms with Crippen LogP contribution in [0.4, 0.5) is 0 Å². The molecule has 6 nitrogen and oxygen atoms in total. The molecular weight excluding hydrogens is 302 g/mol. The molecule has 114 valence electrons. The Hall–Kier alpha value is -0.960. The van der Waals surface area contributed by atoms with Gasteiger partial charge in [-0.25, -0.2) is 17.9 Å². The maximum atomic E-state index is 12.1. The van der Waals surface area contributed by atoms with Gasteiger partial charge in [-0.05, 0) is 30.7 Å². The van der Waals surface area contributed by atoms with Crippen LogP contribution in [0.2, 0.25) is 0 Å². The van der Waals surface area contributed by atoms with Crippen LogP contribution in [0.5, 0.6) is 0 Å². The molecule has 3 N–H and O–H groups in total. The van der Waals surface area contributed by atoms with E-state index < -0.39 is 21.6 Å². The zero-order valence-corrected chi connectivity index (χ0v) is 13.2. The smallest absolute Gasteiger partial charge is 0.347 e. The van der Waals surface area contributed by atoms with Crippen molar-refractivity contribution in [1.82, 2.24) is 4.72 Å². The summed E-state index contributed by atoms with van der Waals surface area (Å²) in [5.74, 6) is -1.07. The Labute approximate surface area is 122 Å². The second-order valence-electron chi connectivity index (χ2n) is 5.34. The second-order valence-corrected chi connectivity index (χ2v) is 7.99. The highest BCUT2D eigenvalue weighted by Crippen LogP contribution is 2.22. The third kappa shape index (κ3) is 4.55. The SMILES string of the molecule is CC(C)CC(C)(O)CNS(=O)(=O)c1ccsc1C(=O)O. The largest absolute Gasteiger partial charge is 0.477 e. The Kier molecular flexibility index (Phi) is 5.31. The fourth-order valence-electron chi connectivity index (χ4n) is 1.94. The number of sulfonamides is 1. The summed E-state index contributed by atoms with van der Waals surface area (Å²) in [4.78, 5) is 10.4. The average Bonchev–Trinajstić information content (AvgIpc) is 2.74. The van der Waals surface area contributed by atoms with Gasteiger partial charge in [-0.1, -0.05) is 13.8 Å². The molecule has 0 saturated heterocycles. The van der Waals surface area contributed by atoms with E-state index >= 15 is 0 Å². The lowest BCUT2D eigenvalue weighted by Gasteiger charge is -2.25. The summed E-state index contributed by atoms with van der Waals surface area (Å²) < 4.78 is 26.4. The standard InChI is InChI=1S/C12H19NO5S2/c1-8(2)6-12(3,16)7-13-20(17,18)9-4-5-19-10(9)11(14)15/h4-5,8,13,16H,6-7H2,1-3H3,(H,14,15). The molecule has 0 aliphatic rings. The molecule has 0 amide bonds. The molecule has 1 aromatic heterocycles. The van der Waals surface area contributed by atoms with E-state index in [1.807, 2.05) is 13.8 Å². The third-order valence-corrected chi connectivity index (χ3v) is 5.08. The summed E-state index contributed by atoms with van der Waals surface area (Å²) in [6.07, 6.45) is 0.435. The number of aromatic carboxylic acids is 1. The predicted molar refractivity (Wildman–Crippen MR) is 76.5 cm³/mol. The van der Waals surface area contributed by atoms with Crippen LogP contribution in [0.15, 0.2) is 16.3 Å². The molecule has 0 spiro atoms. The van der Waals surface area contributed by atoms with Crippen LogP contribution in [0.3, 0.4) is 0 Å². The molecule has 1 atom stereocenters. The van der Waals surface area contributed by atoms with Crippen molar-refractivity contribution in [2.24, 2.45) is 5.92 Å².